The molecule has 0 radical (unpaired) electrons. The number of nitrogens with one attached hydrogen (secondary N) is 1. The molecule has 1 fully saturated rings. The molecule has 0 atom stereocenters. The Labute approximate surface area is 161 Å². The van der Waals surface area contributed by atoms with E-state index in [4.69, 9.17) is 19.9 Å². The van der Waals surface area contributed by atoms with Crippen LogP contribution in [0.25, 0.3) is 0 Å². The standard InChI is InChI=1S/C17H27N3O3.HI/c1-21-14-10-16(23-3)15(22-2)9-12(14)11-19-17(18)20-13-7-5-4-6-8-13;/h9-10,13H,4-8,11H2,1-3H3,(H3,18,19,20);1H. The van der Waals surface area contributed by atoms with Gasteiger partial charge in [0.1, 0.15) is 5.75 Å². The highest BCUT2D eigenvalue weighted by Crippen LogP contribution is 2.34. The largest absolute Gasteiger partial charge is 0.496 e. The lowest BCUT2D eigenvalue weighted by atomic mass is 9.96. The molecule has 0 spiro atoms. The second-order valence-corrected chi connectivity index (χ2v) is 5.70. The number of methoxy groups -OCH3 is 3. The predicted octanol–water partition coefficient (Wildman–Crippen LogP) is 3.07. The molecule has 0 amide bonds. The molecule has 3 N–H and O–H groups in total. The van der Waals surface area contributed by atoms with Crippen LogP contribution < -0.4 is 25.3 Å². The summed E-state index contributed by atoms with van der Waals surface area (Å²) in [5.74, 6) is 2.47. The van der Waals surface area contributed by atoms with Crippen LogP contribution in [0.5, 0.6) is 17.2 Å². The second-order valence-electron chi connectivity index (χ2n) is 5.70. The summed E-state index contributed by atoms with van der Waals surface area (Å²) in [4.78, 5) is 4.43. The summed E-state index contributed by atoms with van der Waals surface area (Å²) in [6.45, 7) is 0.426. The van der Waals surface area contributed by atoms with Crippen molar-refractivity contribution < 1.29 is 14.2 Å². The third-order valence-electron chi connectivity index (χ3n) is 4.16. The van der Waals surface area contributed by atoms with Gasteiger partial charge in [-0.3, -0.25) is 0 Å². The summed E-state index contributed by atoms with van der Waals surface area (Å²) in [6.07, 6.45) is 6.16. The van der Waals surface area contributed by atoms with Crippen LogP contribution in [0, 0.1) is 0 Å². The molecule has 136 valence electrons. The first-order valence-electron chi connectivity index (χ1n) is 8.03. The Hall–Kier alpha value is -1.38. The van der Waals surface area contributed by atoms with Gasteiger partial charge in [0.05, 0.1) is 27.9 Å². The van der Waals surface area contributed by atoms with Gasteiger partial charge in [-0.05, 0) is 18.9 Å². The number of benzene rings is 1. The van der Waals surface area contributed by atoms with Crippen molar-refractivity contribution >= 4 is 29.9 Å². The Morgan fingerprint density at radius 3 is 2.21 bits per heavy atom. The SMILES string of the molecule is COc1cc(OC)c(OC)cc1CN=C(N)NC1CCCCC1.I. The smallest absolute Gasteiger partial charge is 0.189 e. The van der Waals surface area contributed by atoms with Crippen molar-refractivity contribution in [1.29, 1.82) is 0 Å². The quantitative estimate of drug-likeness (QED) is 0.397. The summed E-state index contributed by atoms with van der Waals surface area (Å²) in [5.41, 5.74) is 6.91. The molecule has 0 saturated heterocycles. The first-order valence-corrected chi connectivity index (χ1v) is 8.03. The average molecular weight is 449 g/mol. The molecule has 24 heavy (non-hydrogen) atoms. The first-order chi connectivity index (χ1) is 11.2. The predicted molar refractivity (Wildman–Crippen MR) is 107 cm³/mol. The lowest BCUT2D eigenvalue weighted by Crippen LogP contribution is -2.41. The Bertz CT molecular complexity index is 546. The number of aliphatic imine (C=N–C) groups is 1. The number of halogens is 1. The lowest BCUT2D eigenvalue weighted by Gasteiger charge is -2.23. The van der Waals surface area contributed by atoms with E-state index in [0.717, 1.165) is 18.4 Å². The Kier molecular flexibility index (Phi) is 9.02. The fourth-order valence-electron chi connectivity index (χ4n) is 2.89. The number of rotatable bonds is 6. The summed E-state index contributed by atoms with van der Waals surface area (Å²) in [6, 6.07) is 4.11. The van der Waals surface area contributed by atoms with Crippen molar-refractivity contribution in [3.05, 3.63) is 17.7 Å². The van der Waals surface area contributed by atoms with Crippen LogP contribution in [-0.2, 0) is 6.54 Å². The van der Waals surface area contributed by atoms with Crippen LogP contribution in [0.3, 0.4) is 0 Å². The maximum Gasteiger partial charge on any atom is 0.189 e. The molecule has 0 aromatic heterocycles. The fraction of sp³-hybridized carbons (Fsp3) is 0.588. The molecule has 1 aromatic rings. The number of nitrogens with two attached hydrogens (primary N) is 1. The highest BCUT2D eigenvalue weighted by atomic mass is 127. The highest BCUT2D eigenvalue weighted by molar-refractivity contribution is 14.0. The molecular weight excluding hydrogens is 421 g/mol. The number of hydrogen-bond acceptors (Lipinski definition) is 4. The number of hydrogen-bond donors (Lipinski definition) is 2. The summed E-state index contributed by atoms with van der Waals surface area (Å²) in [5, 5.41) is 3.31. The van der Waals surface area contributed by atoms with Gasteiger partial charge < -0.3 is 25.3 Å². The van der Waals surface area contributed by atoms with Gasteiger partial charge in [-0.2, -0.15) is 0 Å². The summed E-state index contributed by atoms with van der Waals surface area (Å²) >= 11 is 0. The maximum absolute atomic E-state index is 6.01. The summed E-state index contributed by atoms with van der Waals surface area (Å²) < 4.78 is 16.0. The molecule has 1 saturated carbocycles. The van der Waals surface area contributed by atoms with Crippen molar-refractivity contribution in [3.63, 3.8) is 0 Å². The van der Waals surface area contributed by atoms with Gasteiger partial charge in [0.15, 0.2) is 17.5 Å². The van der Waals surface area contributed by atoms with Crippen LogP contribution in [0.4, 0.5) is 0 Å². The van der Waals surface area contributed by atoms with Crippen molar-refractivity contribution in [1.82, 2.24) is 5.32 Å². The first kappa shape index (κ1) is 20.7. The van der Waals surface area contributed by atoms with Gasteiger partial charge in [-0.1, -0.05) is 19.3 Å². The zero-order valence-electron chi connectivity index (χ0n) is 14.6. The molecule has 7 heteroatoms. The van der Waals surface area contributed by atoms with Crippen LogP contribution >= 0.6 is 24.0 Å². The average Bonchev–Trinajstić information content (AvgIpc) is 2.59. The second kappa shape index (κ2) is 10.5. The van der Waals surface area contributed by atoms with Crippen molar-refractivity contribution in [2.45, 2.75) is 44.7 Å². The molecule has 0 unspecified atom stereocenters. The zero-order chi connectivity index (χ0) is 16.7. The van der Waals surface area contributed by atoms with Crippen molar-refractivity contribution in [2.24, 2.45) is 10.7 Å². The monoisotopic (exact) mass is 449 g/mol. The maximum atomic E-state index is 6.01. The fourth-order valence-corrected chi connectivity index (χ4v) is 2.89. The Morgan fingerprint density at radius 2 is 1.62 bits per heavy atom. The van der Waals surface area contributed by atoms with Gasteiger partial charge >= 0.3 is 0 Å². The van der Waals surface area contributed by atoms with Crippen LogP contribution in [0.1, 0.15) is 37.7 Å². The van der Waals surface area contributed by atoms with Gasteiger partial charge in [0, 0.05) is 17.7 Å². The van der Waals surface area contributed by atoms with Gasteiger partial charge in [-0.25, -0.2) is 4.99 Å². The molecule has 0 heterocycles. The van der Waals surface area contributed by atoms with Crippen LogP contribution in [-0.4, -0.2) is 33.3 Å². The van der Waals surface area contributed by atoms with E-state index >= 15 is 0 Å². The zero-order valence-corrected chi connectivity index (χ0v) is 17.0. The molecule has 1 aliphatic rings. The van der Waals surface area contributed by atoms with Crippen LogP contribution in [0.15, 0.2) is 17.1 Å². The topological polar surface area (TPSA) is 78.1 Å². The number of guanidine groups is 1. The van der Waals surface area contributed by atoms with E-state index in [0.29, 0.717) is 35.8 Å². The van der Waals surface area contributed by atoms with Crippen molar-refractivity contribution in [2.75, 3.05) is 21.3 Å². The number of nitrogens with zero attached hydrogens (tertiary/aromatic N) is 1. The highest BCUT2D eigenvalue weighted by Gasteiger charge is 2.14. The molecule has 1 aromatic carbocycles. The third-order valence-corrected chi connectivity index (χ3v) is 4.16. The molecule has 0 bridgehead atoms. The lowest BCUT2D eigenvalue weighted by molar-refractivity contribution is 0.347. The minimum absolute atomic E-state index is 0. The number of ether oxygens (including phenoxy) is 3. The molecule has 1 aliphatic carbocycles. The minimum atomic E-state index is 0. The van der Waals surface area contributed by atoms with E-state index in [9.17, 15) is 0 Å². The van der Waals surface area contributed by atoms with Gasteiger partial charge in [0.2, 0.25) is 0 Å². The summed E-state index contributed by atoms with van der Waals surface area (Å²) in [7, 11) is 4.83. The third kappa shape index (κ3) is 5.61. The normalized spacial score (nSPS) is 15.4. The molecular formula is C17H28IN3O3. The van der Waals surface area contributed by atoms with Gasteiger partial charge in [0.25, 0.3) is 0 Å². The molecule has 0 aliphatic heterocycles. The van der Waals surface area contributed by atoms with E-state index in [2.05, 4.69) is 10.3 Å². The van der Waals surface area contributed by atoms with E-state index in [1.165, 1.54) is 19.3 Å². The Balaban J connectivity index is 0.00000288. The molecule has 2 rings (SSSR count). The van der Waals surface area contributed by atoms with E-state index in [1.54, 1.807) is 27.4 Å². The van der Waals surface area contributed by atoms with Crippen molar-refractivity contribution in [3.8, 4) is 17.2 Å². The van der Waals surface area contributed by atoms with Crippen LogP contribution in [0.2, 0.25) is 0 Å². The van der Waals surface area contributed by atoms with E-state index in [1.807, 2.05) is 6.07 Å². The van der Waals surface area contributed by atoms with E-state index in [-0.39, 0.29) is 24.0 Å². The molecule has 6 nitrogen and oxygen atoms in total. The van der Waals surface area contributed by atoms with E-state index < -0.39 is 0 Å². The minimum Gasteiger partial charge on any atom is -0.496 e. The van der Waals surface area contributed by atoms with Gasteiger partial charge in [-0.15, -0.1) is 24.0 Å². The Morgan fingerprint density at radius 1 is 1.04 bits per heavy atom.